The van der Waals surface area contributed by atoms with Gasteiger partial charge < -0.3 is 14.2 Å². The molecule has 0 saturated carbocycles. The highest BCUT2D eigenvalue weighted by atomic mass is 79.9. The maximum absolute atomic E-state index is 13.9. The van der Waals surface area contributed by atoms with Gasteiger partial charge in [-0.15, -0.1) is 5.10 Å². The summed E-state index contributed by atoms with van der Waals surface area (Å²) in [7, 11) is 1.85. The summed E-state index contributed by atoms with van der Waals surface area (Å²) < 4.78 is 12.4. The van der Waals surface area contributed by atoms with Gasteiger partial charge in [-0.3, -0.25) is 9.48 Å². The first-order valence-electron chi connectivity index (χ1n) is 14.6. The summed E-state index contributed by atoms with van der Waals surface area (Å²) in [5, 5.41) is 13.6. The lowest BCUT2D eigenvalue weighted by Gasteiger charge is -2.21. The number of amides is 1. The van der Waals surface area contributed by atoms with Crippen LogP contribution >= 0.6 is 15.9 Å². The number of nitrogens with zero attached hydrogens (tertiary/aromatic N) is 7. The maximum atomic E-state index is 13.9. The highest BCUT2D eigenvalue weighted by Crippen LogP contribution is 2.27. The molecule has 0 spiro atoms. The minimum absolute atomic E-state index is 0.0338. The second-order valence-electron chi connectivity index (χ2n) is 12.6. The Bertz CT molecular complexity index is 1680. The summed E-state index contributed by atoms with van der Waals surface area (Å²) in [5.41, 5.74) is 8.29. The number of rotatable bonds is 8. The number of fused-ring (bicyclic) bond motifs is 1. The van der Waals surface area contributed by atoms with E-state index in [1.54, 1.807) is 9.58 Å². The van der Waals surface area contributed by atoms with Crippen LogP contribution < -0.4 is 0 Å². The summed E-state index contributed by atoms with van der Waals surface area (Å²) >= 11 is 3.57. The Kier molecular flexibility index (Phi) is 8.39. The number of halogens is 1. The van der Waals surface area contributed by atoms with Gasteiger partial charge in [0.15, 0.2) is 0 Å². The second-order valence-corrected chi connectivity index (χ2v) is 13.5. The molecule has 0 unspecified atom stereocenters. The van der Waals surface area contributed by atoms with E-state index >= 15 is 0 Å². The molecule has 11 heteroatoms. The Morgan fingerprint density at radius 1 is 1.07 bits per heavy atom. The second kappa shape index (κ2) is 11.7. The maximum Gasteiger partial charge on any atom is 0.340 e. The Hall–Kier alpha value is -3.73. The van der Waals surface area contributed by atoms with Gasteiger partial charge in [0, 0.05) is 36.0 Å². The zero-order valence-electron chi connectivity index (χ0n) is 26.3. The van der Waals surface area contributed by atoms with Gasteiger partial charge in [-0.25, -0.2) is 9.48 Å². The molecule has 0 N–H and O–H groups in total. The van der Waals surface area contributed by atoms with Crippen molar-refractivity contribution in [2.24, 2.45) is 0 Å². The smallest absolute Gasteiger partial charge is 0.340 e. The van der Waals surface area contributed by atoms with E-state index in [2.05, 4.69) is 52.2 Å². The van der Waals surface area contributed by atoms with Crippen LogP contribution in [0.25, 0.3) is 0 Å². The topological polar surface area (TPSA) is 100 Å². The van der Waals surface area contributed by atoms with E-state index in [9.17, 15) is 9.59 Å². The quantitative estimate of drug-likeness (QED) is 0.232. The predicted molar refractivity (Wildman–Crippen MR) is 167 cm³/mol. The molecule has 4 aromatic rings. The fourth-order valence-electron chi connectivity index (χ4n) is 5.82. The molecule has 1 aliphatic rings. The molecule has 3 aromatic heterocycles. The van der Waals surface area contributed by atoms with Crippen LogP contribution in [0.3, 0.4) is 0 Å². The zero-order valence-corrected chi connectivity index (χ0v) is 27.9. The monoisotopic (exact) mass is 649 g/mol. The highest BCUT2D eigenvalue weighted by molar-refractivity contribution is 9.10. The first-order chi connectivity index (χ1) is 20.2. The summed E-state index contributed by atoms with van der Waals surface area (Å²) in [6, 6.07) is 6.02. The van der Waals surface area contributed by atoms with Crippen molar-refractivity contribution in [1.29, 1.82) is 0 Å². The fraction of sp³-hybridized carbons (Fsp3) is 0.469. The number of ether oxygens (including phenoxy) is 1. The van der Waals surface area contributed by atoms with Crippen LogP contribution in [0.15, 0.2) is 28.9 Å². The lowest BCUT2D eigenvalue weighted by atomic mass is 10.0. The van der Waals surface area contributed by atoms with Crippen LogP contribution in [0.4, 0.5) is 0 Å². The Labute approximate surface area is 261 Å². The van der Waals surface area contributed by atoms with Crippen molar-refractivity contribution in [1.82, 2.24) is 34.2 Å². The first-order valence-corrected chi connectivity index (χ1v) is 15.4. The molecule has 0 saturated heterocycles. The third-order valence-corrected chi connectivity index (χ3v) is 8.40. The molecule has 228 valence electrons. The largest absolute Gasteiger partial charge is 0.456 e. The molecule has 10 nitrogen and oxygen atoms in total. The van der Waals surface area contributed by atoms with E-state index in [0.29, 0.717) is 36.5 Å². The number of carbonyl (C=O) groups is 2. The normalized spacial score (nSPS) is 13.0. The van der Waals surface area contributed by atoms with Crippen molar-refractivity contribution in [3.8, 4) is 0 Å². The van der Waals surface area contributed by atoms with Gasteiger partial charge in [-0.1, -0.05) is 21.1 Å². The highest BCUT2D eigenvalue weighted by Gasteiger charge is 2.29. The summed E-state index contributed by atoms with van der Waals surface area (Å²) in [4.78, 5) is 28.4. The van der Waals surface area contributed by atoms with Crippen LogP contribution in [0.2, 0.25) is 0 Å². The number of benzene rings is 1. The summed E-state index contributed by atoms with van der Waals surface area (Å²) in [6.45, 7) is 15.7. The number of carbonyl (C=O) groups excluding carboxylic acids is 2. The number of aromatic nitrogens is 6. The van der Waals surface area contributed by atoms with E-state index in [-0.39, 0.29) is 11.9 Å². The van der Waals surface area contributed by atoms with E-state index in [4.69, 9.17) is 9.84 Å². The van der Waals surface area contributed by atoms with Gasteiger partial charge >= 0.3 is 5.97 Å². The van der Waals surface area contributed by atoms with Crippen molar-refractivity contribution in [3.05, 3.63) is 85.2 Å². The van der Waals surface area contributed by atoms with Crippen molar-refractivity contribution < 1.29 is 14.3 Å². The van der Waals surface area contributed by atoms with Crippen LogP contribution in [0, 0.1) is 27.7 Å². The van der Waals surface area contributed by atoms with Gasteiger partial charge in [-0.2, -0.15) is 5.10 Å². The van der Waals surface area contributed by atoms with Crippen LogP contribution in [0.5, 0.6) is 0 Å². The average molecular weight is 651 g/mol. The number of aryl methyl sites for hydroxylation is 4. The third kappa shape index (κ3) is 6.46. The van der Waals surface area contributed by atoms with Gasteiger partial charge in [0.25, 0.3) is 5.91 Å². The Morgan fingerprint density at radius 3 is 2.44 bits per heavy atom. The molecular formula is C32H40BrN7O3. The SMILES string of the molecule is Cc1cc(Br)cc(C)c1CN(C)C(=O)c1c(Cn2cc(Cn3c(C)cc(C(=O)OC(C)(C)C)c3C)nn2)nn2c1CCC2. The van der Waals surface area contributed by atoms with Gasteiger partial charge in [0.2, 0.25) is 0 Å². The molecule has 1 amide bonds. The minimum Gasteiger partial charge on any atom is -0.456 e. The molecule has 4 heterocycles. The molecule has 0 bridgehead atoms. The molecule has 0 atom stereocenters. The zero-order chi connectivity index (χ0) is 31.2. The number of hydrogen-bond donors (Lipinski definition) is 0. The molecule has 43 heavy (non-hydrogen) atoms. The van der Waals surface area contributed by atoms with Crippen LogP contribution in [0.1, 0.15) is 93.1 Å². The standard InChI is InChI=1S/C32H40BrN7O3/c1-19-12-23(33)13-20(2)26(19)17-37(8)30(41)29-27(35-40-11-9-10-28(29)40)18-38-15-24(34-36-38)16-39-21(3)14-25(22(39)4)31(42)43-32(5,6)7/h12-15H,9-11,16-18H2,1-8H3. The molecule has 0 radical (unpaired) electrons. The van der Waals surface area contributed by atoms with Crippen molar-refractivity contribution >= 4 is 27.8 Å². The van der Waals surface area contributed by atoms with Crippen LogP contribution in [-0.4, -0.2) is 58.8 Å². The lowest BCUT2D eigenvalue weighted by Crippen LogP contribution is -2.28. The van der Waals surface area contributed by atoms with Gasteiger partial charge in [-0.05, 0) is 96.2 Å². The Morgan fingerprint density at radius 2 is 1.77 bits per heavy atom. The van der Waals surface area contributed by atoms with Crippen molar-refractivity contribution in [3.63, 3.8) is 0 Å². The molecule has 1 aromatic carbocycles. The summed E-state index contributed by atoms with van der Waals surface area (Å²) in [5.74, 6) is -0.371. The summed E-state index contributed by atoms with van der Waals surface area (Å²) in [6.07, 6.45) is 3.68. The fourth-order valence-corrected chi connectivity index (χ4v) is 6.51. The molecular weight excluding hydrogens is 610 g/mol. The van der Waals surface area contributed by atoms with E-state index in [1.807, 2.05) is 63.2 Å². The Balaban J connectivity index is 1.35. The lowest BCUT2D eigenvalue weighted by molar-refractivity contribution is 0.00684. The van der Waals surface area contributed by atoms with Crippen molar-refractivity contribution in [2.45, 2.75) is 93.1 Å². The minimum atomic E-state index is -0.568. The predicted octanol–water partition coefficient (Wildman–Crippen LogP) is 5.54. The molecule has 0 aliphatic carbocycles. The van der Waals surface area contributed by atoms with E-state index in [1.165, 1.54) is 0 Å². The molecule has 0 fully saturated rings. The van der Waals surface area contributed by atoms with Crippen LogP contribution in [-0.2, 0) is 37.3 Å². The molecule has 1 aliphatic heterocycles. The van der Waals surface area contributed by atoms with Gasteiger partial charge in [0.1, 0.15) is 11.3 Å². The third-order valence-electron chi connectivity index (χ3n) is 7.94. The van der Waals surface area contributed by atoms with E-state index < -0.39 is 5.60 Å². The average Bonchev–Trinajstić information content (AvgIpc) is 3.67. The number of hydrogen-bond acceptors (Lipinski definition) is 6. The first kappa shape index (κ1) is 30.7. The molecule has 5 rings (SSSR count). The van der Waals surface area contributed by atoms with E-state index in [0.717, 1.165) is 63.3 Å². The van der Waals surface area contributed by atoms with Crippen molar-refractivity contribution in [2.75, 3.05) is 7.05 Å². The number of esters is 1. The van der Waals surface area contributed by atoms with Gasteiger partial charge in [0.05, 0.1) is 41.8 Å².